The molecule has 1 atom stereocenters. The summed E-state index contributed by atoms with van der Waals surface area (Å²) >= 11 is 5.61. The summed E-state index contributed by atoms with van der Waals surface area (Å²) in [5.74, 6) is -0.558. The first kappa shape index (κ1) is 24.2. The third-order valence-electron chi connectivity index (χ3n) is 6.44. The summed E-state index contributed by atoms with van der Waals surface area (Å²) in [6, 6.07) is 3.69. The van der Waals surface area contributed by atoms with Gasteiger partial charge in [0.2, 0.25) is 10.0 Å². The van der Waals surface area contributed by atoms with Gasteiger partial charge in [-0.3, -0.25) is 4.90 Å². The van der Waals surface area contributed by atoms with Gasteiger partial charge in [0.15, 0.2) is 11.5 Å². The second-order valence-electron chi connectivity index (χ2n) is 8.31. The largest absolute Gasteiger partial charge is 0.493 e. The van der Waals surface area contributed by atoms with Gasteiger partial charge in [0, 0.05) is 30.8 Å². The predicted molar refractivity (Wildman–Crippen MR) is 122 cm³/mol. The van der Waals surface area contributed by atoms with Crippen LogP contribution >= 0.6 is 11.6 Å². The van der Waals surface area contributed by atoms with E-state index in [2.05, 4.69) is 15.7 Å². The van der Waals surface area contributed by atoms with E-state index in [0.29, 0.717) is 18.5 Å². The highest BCUT2D eigenvalue weighted by Crippen LogP contribution is 2.48. The van der Waals surface area contributed by atoms with E-state index in [1.54, 1.807) is 14.2 Å². The van der Waals surface area contributed by atoms with Crippen molar-refractivity contribution in [2.24, 2.45) is 0 Å². The molecule has 33 heavy (non-hydrogen) atoms. The first-order chi connectivity index (χ1) is 15.8. The average Bonchev–Trinajstić information content (AvgIpc) is 3.23. The van der Waals surface area contributed by atoms with Crippen LogP contribution in [0.2, 0.25) is 5.02 Å². The van der Waals surface area contributed by atoms with E-state index in [4.69, 9.17) is 21.1 Å². The molecule has 0 amide bonds. The van der Waals surface area contributed by atoms with E-state index >= 15 is 0 Å². The highest BCUT2D eigenvalue weighted by Gasteiger charge is 2.36. The first-order valence-corrected chi connectivity index (χ1v) is 12.8. The van der Waals surface area contributed by atoms with E-state index in [0.717, 1.165) is 56.3 Å². The standard InChI is InChI=1S/C23H27ClF2N2O4S/c1-31-20-11-14-7-10-28(19-6-5-15(22(14)19)23(20)32-2)9-4-3-8-27-33(29,30)21-12-16(24)17(25)13-18(21)26/h11-13,19,27H,3-10H2,1-2H3. The lowest BCUT2D eigenvalue weighted by molar-refractivity contribution is 0.182. The number of ether oxygens (including phenoxy) is 2. The summed E-state index contributed by atoms with van der Waals surface area (Å²) in [7, 11) is -0.786. The molecule has 0 saturated carbocycles. The Bertz CT molecular complexity index is 1160. The van der Waals surface area contributed by atoms with Gasteiger partial charge in [-0.05, 0) is 61.9 Å². The topological polar surface area (TPSA) is 67.9 Å². The number of hydrogen-bond acceptors (Lipinski definition) is 5. The summed E-state index contributed by atoms with van der Waals surface area (Å²) in [5.41, 5.74) is 3.90. The summed E-state index contributed by atoms with van der Waals surface area (Å²) in [4.78, 5) is 1.79. The highest BCUT2D eigenvalue weighted by molar-refractivity contribution is 7.89. The molecule has 0 radical (unpaired) electrons. The first-order valence-electron chi connectivity index (χ1n) is 10.9. The van der Waals surface area contributed by atoms with Crippen molar-refractivity contribution in [3.63, 3.8) is 0 Å². The summed E-state index contributed by atoms with van der Waals surface area (Å²) < 4.78 is 65.5. The molecule has 0 fully saturated rings. The second-order valence-corrected chi connectivity index (χ2v) is 10.4. The number of halogens is 3. The van der Waals surface area contributed by atoms with Crippen molar-refractivity contribution in [2.45, 2.75) is 43.0 Å². The summed E-state index contributed by atoms with van der Waals surface area (Å²) in [5, 5.41) is -0.438. The van der Waals surface area contributed by atoms with E-state index in [-0.39, 0.29) is 6.54 Å². The maximum atomic E-state index is 13.9. The molecule has 1 aliphatic carbocycles. The smallest absolute Gasteiger partial charge is 0.243 e. The molecule has 0 aromatic heterocycles. The van der Waals surface area contributed by atoms with Gasteiger partial charge in [0.25, 0.3) is 0 Å². The van der Waals surface area contributed by atoms with Gasteiger partial charge in [-0.15, -0.1) is 0 Å². The van der Waals surface area contributed by atoms with Gasteiger partial charge in [0.05, 0.1) is 19.2 Å². The Labute approximate surface area is 197 Å². The van der Waals surface area contributed by atoms with Crippen LogP contribution in [-0.4, -0.2) is 47.2 Å². The molecule has 4 rings (SSSR count). The molecule has 2 aliphatic rings. The van der Waals surface area contributed by atoms with Crippen molar-refractivity contribution in [3.8, 4) is 11.5 Å². The Balaban J connectivity index is 1.34. The molecular formula is C23H27ClF2N2O4S. The third kappa shape index (κ3) is 4.69. The maximum Gasteiger partial charge on any atom is 0.243 e. The summed E-state index contributed by atoms with van der Waals surface area (Å²) in [6.45, 7) is 1.91. The van der Waals surface area contributed by atoms with Gasteiger partial charge < -0.3 is 9.47 Å². The third-order valence-corrected chi connectivity index (χ3v) is 8.20. The van der Waals surface area contributed by atoms with Crippen LogP contribution in [-0.2, 0) is 22.9 Å². The van der Waals surface area contributed by atoms with Gasteiger partial charge in [-0.25, -0.2) is 21.9 Å². The minimum absolute atomic E-state index is 0.155. The van der Waals surface area contributed by atoms with Crippen LogP contribution in [0.1, 0.15) is 42.0 Å². The molecule has 1 N–H and O–H groups in total. The fourth-order valence-electron chi connectivity index (χ4n) is 4.92. The van der Waals surface area contributed by atoms with Crippen LogP contribution in [0.15, 0.2) is 23.1 Å². The van der Waals surface area contributed by atoms with E-state index < -0.39 is 31.6 Å². The van der Waals surface area contributed by atoms with E-state index in [1.807, 2.05) is 0 Å². The Morgan fingerprint density at radius 3 is 2.64 bits per heavy atom. The predicted octanol–water partition coefficient (Wildman–Crippen LogP) is 4.24. The normalized spacial score (nSPS) is 17.8. The highest BCUT2D eigenvalue weighted by atomic mass is 35.5. The number of nitrogens with zero attached hydrogens (tertiary/aromatic N) is 1. The maximum absolute atomic E-state index is 13.9. The SMILES string of the molecule is COc1cc2c3c(c1OC)CCC3N(CCCCNS(=O)(=O)c1cc(Cl)c(F)cc1F)CC2. The minimum atomic E-state index is -4.11. The lowest BCUT2D eigenvalue weighted by Gasteiger charge is -2.35. The van der Waals surface area contributed by atoms with Crippen LogP contribution < -0.4 is 14.2 Å². The number of methoxy groups -OCH3 is 2. The van der Waals surface area contributed by atoms with E-state index in [9.17, 15) is 17.2 Å². The van der Waals surface area contributed by atoms with Crippen LogP contribution in [0, 0.1) is 11.6 Å². The molecule has 0 saturated heterocycles. The molecule has 0 bridgehead atoms. The van der Waals surface area contributed by atoms with Crippen molar-refractivity contribution < 1.29 is 26.7 Å². The summed E-state index contributed by atoms with van der Waals surface area (Å²) in [6.07, 6.45) is 4.25. The zero-order valence-corrected chi connectivity index (χ0v) is 20.2. The number of unbranched alkanes of at least 4 members (excludes halogenated alkanes) is 1. The molecule has 2 aromatic rings. The fraction of sp³-hybridized carbons (Fsp3) is 0.478. The monoisotopic (exact) mass is 500 g/mol. The average molecular weight is 501 g/mol. The molecule has 1 aliphatic heterocycles. The Morgan fingerprint density at radius 2 is 1.91 bits per heavy atom. The van der Waals surface area contributed by atoms with Crippen molar-refractivity contribution in [1.29, 1.82) is 0 Å². The Kier molecular flexibility index (Phi) is 7.14. The van der Waals surface area contributed by atoms with Gasteiger partial charge in [0.1, 0.15) is 16.5 Å². The number of benzene rings is 2. The number of sulfonamides is 1. The van der Waals surface area contributed by atoms with Gasteiger partial charge in [-0.1, -0.05) is 11.6 Å². The lowest BCUT2D eigenvalue weighted by Crippen LogP contribution is -2.35. The molecule has 10 heteroatoms. The van der Waals surface area contributed by atoms with Crippen molar-refractivity contribution in [1.82, 2.24) is 9.62 Å². The number of nitrogens with one attached hydrogen (secondary N) is 1. The van der Waals surface area contributed by atoms with Crippen LogP contribution in [0.5, 0.6) is 11.5 Å². The molecule has 180 valence electrons. The zero-order chi connectivity index (χ0) is 23.8. The molecule has 1 heterocycles. The van der Waals surface area contributed by atoms with Gasteiger partial charge >= 0.3 is 0 Å². The van der Waals surface area contributed by atoms with Crippen LogP contribution in [0.4, 0.5) is 8.78 Å². The van der Waals surface area contributed by atoms with E-state index in [1.165, 1.54) is 16.7 Å². The quantitative estimate of drug-likeness (QED) is 0.412. The molecular weight excluding hydrogens is 474 g/mol. The lowest BCUT2D eigenvalue weighted by atomic mass is 9.92. The zero-order valence-electron chi connectivity index (χ0n) is 18.6. The minimum Gasteiger partial charge on any atom is -0.493 e. The fourth-order valence-corrected chi connectivity index (χ4v) is 6.31. The van der Waals surface area contributed by atoms with Crippen molar-refractivity contribution in [2.75, 3.05) is 33.9 Å². The molecule has 6 nitrogen and oxygen atoms in total. The number of rotatable bonds is 9. The Hall–Kier alpha value is -1.94. The van der Waals surface area contributed by atoms with Gasteiger partial charge in [-0.2, -0.15) is 0 Å². The van der Waals surface area contributed by atoms with Crippen LogP contribution in [0.3, 0.4) is 0 Å². The molecule has 2 aromatic carbocycles. The molecule has 1 unspecified atom stereocenters. The van der Waals surface area contributed by atoms with Crippen LogP contribution in [0.25, 0.3) is 0 Å². The number of hydrogen-bond donors (Lipinski definition) is 1. The Morgan fingerprint density at radius 1 is 1.12 bits per heavy atom. The molecule has 0 spiro atoms. The van der Waals surface area contributed by atoms with Crippen molar-refractivity contribution in [3.05, 3.63) is 51.5 Å². The second kappa shape index (κ2) is 9.74. The van der Waals surface area contributed by atoms with Crippen molar-refractivity contribution >= 4 is 21.6 Å².